The van der Waals surface area contributed by atoms with Crippen LogP contribution in [0.1, 0.15) is 50.4 Å². The average Bonchev–Trinajstić information content (AvgIpc) is 3.31. The smallest absolute Gasteiger partial charge is 0.166 e. The number of alkyl halides is 6. The van der Waals surface area contributed by atoms with Crippen LogP contribution in [-0.2, 0) is 17.8 Å². The highest BCUT2D eigenvalue weighted by Gasteiger charge is 2.50. The second kappa shape index (κ2) is 16.4. The first-order chi connectivity index (χ1) is 30.0. The molecule has 0 saturated carbocycles. The average molecular weight is 825 g/mol. The van der Waals surface area contributed by atoms with Crippen molar-refractivity contribution >= 4 is 16.7 Å². The summed E-state index contributed by atoms with van der Waals surface area (Å²) in [6.07, 6.45) is -6.64. The molecule has 0 saturated heterocycles. The van der Waals surface area contributed by atoms with Gasteiger partial charge in [-0.25, -0.2) is 0 Å². The molecule has 0 fully saturated rings. The number of hydrogen-bond acceptors (Lipinski definition) is 0. The van der Waals surface area contributed by atoms with Gasteiger partial charge >= 0.3 is 12.4 Å². The molecule has 8 aromatic rings. The summed E-state index contributed by atoms with van der Waals surface area (Å²) in [7, 11) is 0. The Kier molecular flexibility index (Phi) is 10.6. The van der Waals surface area contributed by atoms with Crippen LogP contribution in [0.4, 0.5) is 26.3 Å². The van der Waals surface area contributed by atoms with Crippen LogP contribution in [0.5, 0.6) is 0 Å². The fraction of sp³-hybridized carbons (Fsp3) is 0.0714. The zero-order chi connectivity index (χ0) is 42.9. The van der Waals surface area contributed by atoms with Crippen molar-refractivity contribution < 1.29 is 26.3 Å². The maximum atomic E-state index is 13.9. The molecule has 2 atom stereocenters. The predicted octanol–water partition coefficient (Wildman–Crippen LogP) is 15.8. The molecule has 2 unspecified atom stereocenters. The van der Waals surface area contributed by atoms with E-state index in [1.165, 1.54) is 24.3 Å². The van der Waals surface area contributed by atoms with E-state index >= 15 is 0 Å². The van der Waals surface area contributed by atoms with Crippen LogP contribution in [-0.4, -0.2) is 0 Å². The topological polar surface area (TPSA) is 0 Å². The van der Waals surface area contributed by atoms with Crippen molar-refractivity contribution in [1.29, 1.82) is 0 Å². The molecule has 9 rings (SSSR count). The van der Waals surface area contributed by atoms with Crippen LogP contribution >= 0.6 is 0 Å². The first-order valence-electron chi connectivity index (χ1n) is 20.3. The normalized spacial score (nSPS) is 16.8. The summed E-state index contributed by atoms with van der Waals surface area (Å²) in [6, 6.07) is 67.5. The number of halogens is 6. The van der Waals surface area contributed by atoms with Gasteiger partial charge in [0, 0.05) is 5.92 Å². The van der Waals surface area contributed by atoms with E-state index in [1.807, 2.05) is 121 Å². The Labute approximate surface area is 356 Å². The van der Waals surface area contributed by atoms with Gasteiger partial charge in [0.2, 0.25) is 0 Å². The van der Waals surface area contributed by atoms with Gasteiger partial charge in [-0.3, -0.25) is 0 Å². The van der Waals surface area contributed by atoms with Crippen molar-refractivity contribution in [3.63, 3.8) is 0 Å². The standard InChI is InChI=1S/C56H38F6/c57-55(58,59)48-25-13-21-44(35-48)38-27-29-40(30-28-38)50-37-51(41-15-5-1-6-16-41)54(46-23-11-4-12-24-46,53(43-19-9-3-10-20-43)52(50)42-17-7-2-8-18-42)47-33-31-39(32-34-47)45-22-14-26-49(36-45)56(60,61)62/h1-37,51H. The molecule has 0 spiro atoms. The van der Waals surface area contributed by atoms with E-state index < -0.39 is 28.9 Å². The van der Waals surface area contributed by atoms with Crippen LogP contribution in [0.25, 0.3) is 39.0 Å². The lowest BCUT2D eigenvalue weighted by molar-refractivity contribution is -0.138. The van der Waals surface area contributed by atoms with Crippen molar-refractivity contribution in [3.05, 3.63) is 269 Å². The predicted molar refractivity (Wildman–Crippen MR) is 238 cm³/mol. The number of rotatable bonds is 8. The summed E-state index contributed by atoms with van der Waals surface area (Å²) < 4.78 is 82.9. The first-order valence-corrected chi connectivity index (χ1v) is 20.3. The third-order valence-corrected chi connectivity index (χ3v) is 11.8. The molecule has 304 valence electrons. The maximum absolute atomic E-state index is 13.9. The van der Waals surface area contributed by atoms with Crippen molar-refractivity contribution in [2.45, 2.75) is 23.7 Å². The molecule has 1 aliphatic carbocycles. The fourth-order valence-electron chi connectivity index (χ4n) is 9.02. The quantitative estimate of drug-likeness (QED) is 0.134. The molecule has 0 amide bonds. The molecule has 0 heterocycles. The summed E-state index contributed by atoms with van der Waals surface area (Å²) >= 11 is 0. The van der Waals surface area contributed by atoms with Crippen LogP contribution in [0.3, 0.4) is 0 Å². The highest BCUT2D eigenvalue weighted by Crippen LogP contribution is 2.61. The lowest BCUT2D eigenvalue weighted by atomic mass is 9.53. The zero-order valence-corrected chi connectivity index (χ0v) is 33.2. The van der Waals surface area contributed by atoms with Gasteiger partial charge in [0.1, 0.15) is 0 Å². The minimum absolute atomic E-state index is 0.341. The molecule has 0 nitrogen and oxygen atoms in total. The van der Waals surface area contributed by atoms with Gasteiger partial charge in [0.05, 0.1) is 16.5 Å². The van der Waals surface area contributed by atoms with E-state index in [1.54, 1.807) is 12.1 Å². The van der Waals surface area contributed by atoms with Crippen molar-refractivity contribution in [3.8, 4) is 22.3 Å². The summed E-state index contributed by atoms with van der Waals surface area (Å²) in [4.78, 5) is 0. The molecule has 0 aromatic heterocycles. The molecule has 0 N–H and O–H groups in total. The summed E-state index contributed by atoms with van der Waals surface area (Å²) in [5, 5.41) is 0. The van der Waals surface area contributed by atoms with E-state index in [4.69, 9.17) is 0 Å². The minimum Gasteiger partial charge on any atom is -0.166 e. The molecular formula is C56H38F6. The lowest BCUT2D eigenvalue weighted by Crippen LogP contribution is -2.38. The van der Waals surface area contributed by atoms with Crippen LogP contribution in [0.15, 0.2) is 224 Å². The third-order valence-electron chi connectivity index (χ3n) is 11.8. The maximum Gasteiger partial charge on any atom is 0.416 e. The van der Waals surface area contributed by atoms with E-state index in [9.17, 15) is 26.3 Å². The lowest BCUT2D eigenvalue weighted by Gasteiger charge is -2.48. The molecule has 62 heavy (non-hydrogen) atoms. The largest absolute Gasteiger partial charge is 0.416 e. The molecular weight excluding hydrogens is 787 g/mol. The second-order valence-corrected chi connectivity index (χ2v) is 15.4. The minimum atomic E-state index is -4.48. The monoisotopic (exact) mass is 824 g/mol. The Balaban J connectivity index is 1.34. The Morgan fingerprint density at radius 3 is 1.24 bits per heavy atom. The Morgan fingerprint density at radius 2 is 0.742 bits per heavy atom. The second-order valence-electron chi connectivity index (χ2n) is 15.4. The van der Waals surface area contributed by atoms with Crippen molar-refractivity contribution in [1.82, 2.24) is 0 Å². The van der Waals surface area contributed by atoms with Crippen molar-refractivity contribution in [2.24, 2.45) is 0 Å². The van der Waals surface area contributed by atoms with E-state index in [0.29, 0.717) is 22.3 Å². The van der Waals surface area contributed by atoms with Crippen molar-refractivity contribution in [2.75, 3.05) is 0 Å². The summed E-state index contributed by atoms with van der Waals surface area (Å²) in [6.45, 7) is 0. The van der Waals surface area contributed by atoms with Crippen LogP contribution in [0, 0.1) is 0 Å². The molecule has 0 bridgehead atoms. The number of benzene rings is 8. The van der Waals surface area contributed by atoms with Gasteiger partial charge in [0.25, 0.3) is 0 Å². The number of hydrogen-bond donors (Lipinski definition) is 0. The highest BCUT2D eigenvalue weighted by molar-refractivity contribution is 6.19. The SMILES string of the molecule is FC(F)(F)c1cccc(-c2ccc(C3=CC(c4ccccc4)C(c4ccccc4)(c4ccc(-c5cccc(C(F)(F)F)c5)cc4)C(c4ccccc4)=C3c3ccccc3)cc2)c1. The van der Waals surface area contributed by atoms with Crippen LogP contribution < -0.4 is 0 Å². The van der Waals surface area contributed by atoms with Gasteiger partial charge in [-0.1, -0.05) is 200 Å². The first kappa shape index (κ1) is 40.2. The molecule has 8 aromatic carbocycles. The summed E-state index contributed by atoms with van der Waals surface area (Å²) in [5.41, 5.74) is 8.68. The van der Waals surface area contributed by atoms with E-state index in [0.717, 1.165) is 62.2 Å². The van der Waals surface area contributed by atoms with Gasteiger partial charge in [-0.15, -0.1) is 0 Å². The fourth-order valence-corrected chi connectivity index (χ4v) is 9.02. The van der Waals surface area contributed by atoms with Gasteiger partial charge in [-0.05, 0) is 96.6 Å². The van der Waals surface area contributed by atoms with E-state index in [-0.39, 0.29) is 5.92 Å². The molecule has 0 radical (unpaired) electrons. The van der Waals surface area contributed by atoms with Gasteiger partial charge in [0.15, 0.2) is 0 Å². The Bertz CT molecular complexity index is 2880. The molecule has 6 heteroatoms. The Hall–Kier alpha value is -7.18. The van der Waals surface area contributed by atoms with Gasteiger partial charge in [-0.2, -0.15) is 26.3 Å². The summed E-state index contributed by atoms with van der Waals surface area (Å²) in [5.74, 6) is -0.341. The Morgan fingerprint density at radius 1 is 0.339 bits per heavy atom. The number of allylic oxidation sites excluding steroid dienone is 4. The highest BCUT2D eigenvalue weighted by atomic mass is 19.4. The third kappa shape index (κ3) is 7.58. The zero-order valence-electron chi connectivity index (χ0n) is 33.2. The molecule has 1 aliphatic rings. The van der Waals surface area contributed by atoms with Crippen LogP contribution in [0.2, 0.25) is 0 Å². The van der Waals surface area contributed by atoms with E-state index in [2.05, 4.69) is 54.6 Å². The van der Waals surface area contributed by atoms with Gasteiger partial charge < -0.3 is 0 Å². The molecule has 0 aliphatic heterocycles.